The highest BCUT2D eigenvalue weighted by molar-refractivity contribution is 7.90. The minimum atomic E-state index is -3.18. The van der Waals surface area contributed by atoms with E-state index in [2.05, 4.69) is 40.7 Å². The van der Waals surface area contributed by atoms with Crippen molar-refractivity contribution in [2.24, 2.45) is 10.9 Å². The Morgan fingerprint density at radius 2 is 1.79 bits per heavy atom. The molecule has 0 spiro atoms. The zero-order valence-electron chi connectivity index (χ0n) is 17.2. The number of hydrogen-bond acceptors (Lipinski definition) is 4. The van der Waals surface area contributed by atoms with Gasteiger partial charge >= 0.3 is 0 Å². The Bertz CT molecular complexity index is 965. The predicted molar refractivity (Wildman–Crippen MR) is 116 cm³/mol. The lowest BCUT2D eigenvalue weighted by atomic mass is 10.1. The molecular weight excluding hydrogens is 386 g/mol. The maximum atomic E-state index is 11.6. The van der Waals surface area contributed by atoms with Crippen molar-refractivity contribution in [3.05, 3.63) is 59.2 Å². The molecule has 3 rings (SSSR count). The number of guanidine groups is 1. The number of benzene rings is 2. The van der Waals surface area contributed by atoms with Crippen LogP contribution in [0.2, 0.25) is 0 Å². The van der Waals surface area contributed by atoms with Crippen LogP contribution < -0.4 is 15.4 Å². The maximum absolute atomic E-state index is 11.6. The predicted octanol–water partition coefficient (Wildman–Crippen LogP) is 3.05. The highest BCUT2D eigenvalue weighted by atomic mass is 32.2. The summed E-state index contributed by atoms with van der Waals surface area (Å²) in [6.07, 6.45) is 3.74. The zero-order valence-corrected chi connectivity index (χ0v) is 18.1. The summed E-state index contributed by atoms with van der Waals surface area (Å²) in [5.41, 5.74) is 3.25. The second kappa shape index (κ2) is 9.31. The molecule has 7 heteroatoms. The van der Waals surface area contributed by atoms with Gasteiger partial charge < -0.3 is 15.4 Å². The van der Waals surface area contributed by atoms with E-state index in [1.807, 2.05) is 0 Å². The van der Waals surface area contributed by atoms with Crippen molar-refractivity contribution >= 4 is 15.8 Å². The highest BCUT2D eigenvalue weighted by Gasteiger charge is 2.22. The van der Waals surface area contributed by atoms with Crippen molar-refractivity contribution in [3.63, 3.8) is 0 Å². The Hall–Kier alpha value is -2.54. The fourth-order valence-electron chi connectivity index (χ4n) is 2.87. The number of nitrogens with one attached hydrogen (secondary N) is 2. The molecule has 0 heterocycles. The first kappa shape index (κ1) is 21.2. The van der Waals surface area contributed by atoms with E-state index >= 15 is 0 Å². The van der Waals surface area contributed by atoms with E-state index in [1.54, 1.807) is 31.3 Å². The van der Waals surface area contributed by atoms with Crippen molar-refractivity contribution in [3.8, 4) is 5.75 Å². The molecule has 0 saturated heterocycles. The van der Waals surface area contributed by atoms with Gasteiger partial charge in [-0.05, 0) is 55.0 Å². The summed E-state index contributed by atoms with van der Waals surface area (Å²) >= 11 is 0. The first-order chi connectivity index (χ1) is 13.8. The molecular formula is C22H29N3O3S. The lowest BCUT2D eigenvalue weighted by Gasteiger charge is -2.15. The van der Waals surface area contributed by atoms with Crippen molar-refractivity contribution in [2.45, 2.75) is 37.8 Å². The van der Waals surface area contributed by atoms with Crippen molar-refractivity contribution in [1.82, 2.24) is 10.6 Å². The number of ether oxygens (including phenoxy) is 1. The van der Waals surface area contributed by atoms with Crippen LogP contribution in [0.5, 0.6) is 5.75 Å². The van der Waals surface area contributed by atoms with Gasteiger partial charge in [0.05, 0.1) is 11.5 Å². The SMILES string of the molecule is CN=C(NCc1ccc(S(C)(=O)=O)cc1)NCc1ccc(C)cc1OCC1CC1. The molecule has 0 amide bonds. The number of aryl methyl sites for hydroxylation is 1. The third kappa shape index (κ3) is 6.49. The van der Waals surface area contributed by atoms with Gasteiger partial charge in [-0.15, -0.1) is 0 Å². The van der Waals surface area contributed by atoms with E-state index in [0.717, 1.165) is 23.5 Å². The second-order valence-electron chi connectivity index (χ2n) is 7.56. The fourth-order valence-corrected chi connectivity index (χ4v) is 3.50. The Labute approximate surface area is 173 Å². The van der Waals surface area contributed by atoms with Gasteiger partial charge in [0.15, 0.2) is 15.8 Å². The number of rotatable bonds is 8. The first-order valence-electron chi connectivity index (χ1n) is 9.81. The Balaban J connectivity index is 1.55. The summed E-state index contributed by atoms with van der Waals surface area (Å²) < 4.78 is 29.1. The third-order valence-electron chi connectivity index (χ3n) is 4.88. The van der Waals surface area contributed by atoms with Crippen molar-refractivity contribution in [2.75, 3.05) is 19.9 Å². The van der Waals surface area contributed by atoms with Crippen LogP contribution in [0, 0.1) is 12.8 Å². The minimum absolute atomic E-state index is 0.321. The highest BCUT2D eigenvalue weighted by Crippen LogP contribution is 2.30. The van der Waals surface area contributed by atoms with E-state index in [0.29, 0.717) is 29.9 Å². The zero-order chi connectivity index (χ0) is 20.9. The summed E-state index contributed by atoms with van der Waals surface area (Å²) in [6, 6.07) is 13.1. The van der Waals surface area contributed by atoms with Crippen LogP contribution in [-0.4, -0.2) is 34.3 Å². The lowest BCUT2D eigenvalue weighted by Crippen LogP contribution is -2.36. The van der Waals surface area contributed by atoms with Gasteiger partial charge in [-0.25, -0.2) is 8.42 Å². The molecule has 29 heavy (non-hydrogen) atoms. The third-order valence-corrected chi connectivity index (χ3v) is 6.00. The van der Waals surface area contributed by atoms with Crippen LogP contribution >= 0.6 is 0 Å². The molecule has 2 N–H and O–H groups in total. The maximum Gasteiger partial charge on any atom is 0.191 e. The number of aliphatic imine (C=N–C) groups is 1. The van der Waals surface area contributed by atoms with Gasteiger partial charge in [0, 0.05) is 32.0 Å². The van der Waals surface area contributed by atoms with Crippen molar-refractivity contribution in [1.29, 1.82) is 0 Å². The van der Waals surface area contributed by atoms with Crippen LogP contribution in [0.3, 0.4) is 0 Å². The fraction of sp³-hybridized carbons (Fsp3) is 0.409. The molecule has 1 aliphatic rings. The smallest absolute Gasteiger partial charge is 0.191 e. The van der Waals surface area contributed by atoms with Crippen LogP contribution in [0.15, 0.2) is 52.4 Å². The summed E-state index contributed by atoms with van der Waals surface area (Å²) in [5.74, 6) is 2.31. The molecule has 0 unspecified atom stereocenters. The molecule has 1 saturated carbocycles. The Kier molecular flexibility index (Phi) is 6.79. The molecule has 0 atom stereocenters. The van der Waals surface area contributed by atoms with Gasteiger partial charge in [-0.1, -0.05) is 24.3 Å². The van der Waals surface area contributed by atoms with E-state index in [1.165, 1.54) is 24.7 Å². The molecule has 0 aliphatic heterocycles. The molecule has 0 radical (unpaired) electrons. The van der Waals surface area contributed by atoms with E-state index < -0.39 is 9.84 Å². The first-order valence-corrected chi connectivity index (χ1v) is 11.7. The van der Waals surface area contributed by atoms with Gasteiger partial charge in [0.2, 0.25) is 0 Å². The summed E-state index contributed by atoms with van der Waals surface area (Å²) in [4.78, 5) is 4.59. The average molecular weight is 416 g/mol. The lowest BCUT2D eigenvalue weighted by molar-refractivity contribution is 0.296. The minimum Gasteiger partial charge on any atom is -0.493 e. The summed E-state index contributed by atoms with van der Waals surface area (Å²) in [6.45, 7) is 4.00. The Morgan fingerprint density at radius 1 is 1.10 bits per heavy atom. The van der Waals surface area contributed by atoms with Crippen molar-refractivity contribution < 1.29 is 13.2 Å². The molecule has 0 bridgehead atoms. The quantitative estimate of drug-likeness (QED) is 0.512. The molecule has 0 aromatic heterocycles. The standard InChI is InChI=1S/C22H29N3O3S/c1-16-4-9-19(21(12-16)28-15-18-5-6-18)14-25-22(23-2)24-13-17-7-10-20(11-8-17)29(3,26)27/h4,7-12,18H,5-6,13-15H2,1-3H3,(H2,23,24,25). The topological polar surface area (TPSA) is 79.8 Å². The molecule has 156 valence electrons. The number of nitrogens with zero attached hydrogens (tertiary/aromatic N) is 1. The number of hydrogen-bond donors (Lipinski definition) is 2. The van der Waals surface area contributed by atoms with E-state index in [9.17, 15) is 8.42 Å². The van der Waals surface area contributed by atoms with Crippen LogP contribution in [0.4, 0.5) is 0 Å². The van der Waals surface area contributed by atoms with Gasteiger partial charge in [0.25, 0.3) is 0 Å². The normalized spacial score (nSPS) is 14.5. The average Bonchev–Trinajstić information content (AvgIpc) is 3.52. The van der Waals surface area contributed by atoms with Gasteiger partial charge in [0.1, 0.15) is 5.75 Å². The Morgan fingerprint density at radius 3 is 2.41 bits per heavy atom. The molecule has 2 aromatic carbocycles. The van der Waals surface area contributed by atoms with E-state index in [4.69, 9.17) is 4.74 Å². The molecule has 1 aliphatic carbocycles. The van der Waals surface area contributed by atoms with E-state index in [-0.39, 0.29) is 0 Å². The second-order valence-corrected chi connectivity index (χ2v) is 9.58. The summed E-state index contributed by atoms with van der Waals surface area (Å²) in [5, 5.41) is 6.57. The molecule has 1 fully saturated rings. The summed E-state index contributed by atoms with van der Waals surface area (Å²) in [7, 11) is -1.45. The van der Waals surface area contributed by atoms with Gasteiger partial charge in [-0.3, -0.25) is 4.99 Å². The largest absolute Gasteiger partial charge is 0.493 e. The number of sulfone groups is 1. The van der Waals surface area contributed by atoms with Crippen LogP contribution in [-0.2, 0) is 22.9 Å². The molecule has 6 nitrogen and oxygen atoms in total. The monoisotopic (exact) mass is 415 g/mol. The molecule has 2 aromatic rings. The van der Waals surface area contributed by atoms with Crippen LogP contribution in [0.25, 0.3) is 0 Å². The van der Waals surface area contributed by atoms with Crippen LogP contribution in [0.1, 0.15) is 29.5 Å². The van der Waals surface area contributed by atoms with Gasteiger partial charge in [-0.2, -0.15) is 0 Å².